The third kappa shape index (κ3) is 11.9. The summed E-state index contributed by atoms with van der Waals surface area (Å²) in [5.74, 6) is 0.406. The van der Waals surface area contributed by atoms with E-state index in [4.69, 9.17) is 9.84 Å². The van der Waals surface area contributed by atoms with Crippen LogP contribution in [0.15, 0.2) is 42.5 Å². The summed E-state index contributed by atoms with van der Waals surface area (Å²) in [7, 11) is 0. The molecule has 14 heteroatoms. The van der Waals surface area contributed by atoms with Crippen molar-refractivity contribution < 1.29 is 39.2 Å². The molecule has 290 valence electrons. The number of aliphatic hydroxyl groups is 3. The van der Waals surface area contributed by atoms with Crippen LogP contribution in [-0.4, -0.2) is 111 Å². The van der Waals surface area contributed by atoms with Gasteiger partial charge >= 0.3 is 0 Å². The van der Waals surface area contributed by atoms with Crippen LogP contribution >= 0.6 is 11.8 Å². The number of carbonyl (C=O) groups is 4. The van der Waals surface area contributed by atoms with Gasteiger partial charge in [-0.15, -0.1) is 0 Å². The number of benzene rings is 1. The molecule has 4 amide bonds. The number of rotatable bonds is 21. The Morgan fingerprint density at radius 2 is 1.85 bits per heavy atom. The normalized spacial score (nSPS) is 26.4. The second kappa shape index (κ2) is 19.8. The second-order valence-corrected chi connectivity index (χ2v) is 16.0. The van der Waals surface area contributed by atoms with Crippen molar-refractivity contribution >= 4 is 41.1 Å². The molecule has 13 nitrogen and oxygen atoms in total. The van der Waals surface area contributed by atoms with E-state index in [1.807, 2.05) is 30.3 Å². The third-order valence-corrected chi connectivity index (χ3v) is 12.1. The van der Waals surface area contributed by atoms with Gasteiger partial charge in [-0.25, -0.2) is 0 Å². The average Bonchev–Trinajstić information content (AvgIpc) is 3.65. The standard InChI is InChI=1S/C38H59N5O8S/c1-26(35(47)39-19-21-51-22-20-44)28-15-13-27(14-16-28)25-43-34(46)24-32(38(43,3)50)52-23-9-5-8-12-31(41-36(48)30-17-18-33(45)40-30)37(2,49)42-29-10-6-4-7-11-29/h4,6-7,10-11,27-28,30-32,42,44,49-50H,1,5,8-9,12-25H2,2-3H3,(H,39,47)(H,40,45)(H,41,48)/t27?,28?,30-,31+,32?,37?,38?/m1/s1. The number of anilines is 1. The fourth-order valence-corrected chi connectivity index (χ4v) is 8.74. The number of likely N-dealkylation sites (tertiary alicyclic amines) is 1. The zero-order valence-electron chi connectivity index (χ0n) is 30.7. The highest BCUT2D eigenvalue weighted by molar-refractivity contribution is 8.00. The van der Waals surface area contributed by atoms with Crippen molar-refractivity contribution in [2.75, 3.05) is 44.0 Å². The van der Waals surface area contributed by atoms with Crippen LogP contribution in [0.25, 0.3) is 0 Å². The van der Waals surface area contributed by atoms with Crippen molar-refractivity contribution in [3.8, 4) is 0 Å². The molecule has 3 unspecified atom stereocenters. The van der Waals surface area contributed by atoms with E-state index in [1.165, 1.54) is 0 Å². The molecule has 7 N–H and O–H groups in total. The molecule has 0 radical (unpaired) electrons. The summed E-state index contributed by atoms with van der Waals surface area (Å²) in [5.41, 5.74) is -1.41. The lowest BCUT2D eigenvalue weighted by Crippen LogP contribution is -2.58. The monoisotopic (exact) mass is 745 g/mol. The van der Waals surface area contributed by atoms with Gasteiger partial charge in [0.15, 0.2) is 5.72 Å². The fraction of sp³-hybridized carbons (Fsp3) is 0.684. The fourth-order valence-electron chi connectivity index (χ4n) is 7.38. The van der Waals surface area contributed by atoms with Crippen LogP contribution in [0.4, 0.5) is 5.69 Å². The molecular weight excluding hydrogens is 687 g/mol. The molecule has 0 bridgehead atoms. The minimum atomic E-state index is -1.44. The van der Waals surface area contributed by atoms with Crippen molar-refractivity contribution in [2.45, 2.75) is 113 Å². The van der Waals surface area contributed by atoms with Gasteiger partial charge in [0.1, 0.15) is 11.8 Å². The first-order chi connectivity index (χ1) is 24.8. The molecule has 3 aliphatic rings. The Kier molecular flexibility index (Phi) is 15.8. The van der Waals surface area contributed by atoms with Crippen LogP contribution in [-0.2, 0) is 23.9 Å². The van der Waals surface area contributed by atoms with Gasteiger partial charge in [0.25, 0.3) is 0 Å². The predicted octanol–water partition coefficient (Wildman–Crippen LogP) is 2.66. The zero-order chi connectivity index (χ0) is 37.7. The van der Waals surface area contributed by atoms with Crippen molar-refractivity contribution in [3.63, 3.8) is 0 Å². The Hall–Kier alpha value is -3.17. The van der Waals surface area contributed by atoms with Crippen LogP contribution in [0.1, 0.15) is 84.5 Å². The van der Waals surface area contributed by atoms with E-state index in [0.29, 0.717) is 44.5 Å². The Morgan fingerprint density at radius 1 is 1.12 bits per heavy atom. The summed E-state index contributed by atoms with van der Waals surface area (Å²) in [6, 6.07) is 8.08. The highest BCUT2D eigenvalue weighted by Crippen LogP contribution is 2.40. The molecule has 5 atom stereocenters. The maximum atomic E-state index is 13.1. The first kappa shape index (κ1) is 41.6. The Labute approximate surface area is 312 Å². The van der Waals surface area contributed by atoms with E-state index in [-0.39, 0.29) is 60.3 Å². The zero-order valence-corrected chi connectivity index (χ0v) is 31.6. The van der Waals surface area contributed by atoms with E-state index in [9.17, 15) is 29.4 Å². The maximum absolute atomic E-state index is 13.1. The van der Waals surface area contributed by atoms with Crippen LogP contribution in [0.3, 0.4) is 0 Å². The molecular formula is C38H59N5O8S. The van der Waals surface area contributed by atoms with Crippen LogP contribution in [0.5, 0.6) is 0 Å². The second-order valence-electron chi connectivity index (χ2n) is 14.7. The van der Waals surface area contributed by atoms with E-state index in [1.54, 1.807) is 30.5 Å². The number of ether oxygens (including phenoxy) is 1. The van der Waals surface area contributed by atoms with Gasteiger partial charge in [-0.1, -0.05) is 37.6 Å². The lowest BCUT2D eigenvalue weighted by molar-refractivity contribution is -0.144. The third-order valence-electron chi connectivity index (χ3n) is 10.6. The summed E-state index contributed by atoms with van der Waals surface area (Å²) in [6.07, 6.45) is 7.24. The summed E-state index contributed by atoms with van der Waals surface area (Å²) in [5, 5.41) is 43.1. The number of thioether (sulfide) groups is 1. The van der Waals surface area contributed by atoms with Gasteiger partial charge in [-0.2, -0.15) is 11.8 Å². The minimum Gasteiger partial charge on any atom is -0.394 e. The summed E-state index contributed by atoms with van der Waals surface area (Å²) in [6.45, 7) is 8.77. The molecule has 2 heterocycles. The number of amides is 4. The highest BCUT2D eigenvalue weighted by Gasteiger charge is 2.49. The van der Waals surface area contributed by atoms with Gasteiger partial charge in [0.05, 0.1) is 31.1 Å². The van der Waals surface area contributed by atoms with E-state index < -0.39 is 23.5 Å². The molecule has 0 spiro atoms. The summed E-state index contributed by atoms with van der Waals surface area (Å²) < 4.78 is 5.19. The SMILES string of the molecule is C=C(C(=O)NCCOCCO)C1CCC(CN2C(=O)CC(SCCCCC[C@H](NC(=O)[C@H]3CCC(=O)N3)C(C)(O)Nc3ccccc3)C2(C)O)CC1. The average molecular weight is 746 g/mol. The molecule has 2 saturated heterocycles. The molecule has 1 aromatic carbocycles. The molecule has 0 aromatic heterocycles. The lowest BCUT2D eigenvalue weighted by atomic mass is 9.78. The molecule has 52 heavy (non-hydrogen) atoms. The smallest absolute Gasteiger partial charge is 0.246 e. The number of para-hydroxylation sites is 1. The van der Waals surface area contributed by atoms with E-state index in [2.05, 4.69) is 27.8 Å². The number of nitrogens with zero attached hydrogens (tertiary/aromatic N) is 1. The predicted molar refractivity (Wildman–Crippen MR) is 201 cm³/mol. The first-order valence-electron chi connectivity index (χ1n) is 18.8. The quantitative estimate of drug-likeness (QED) is 0.0560. The minimum absolute atomic E-state index is 0.0398. The highest BCUT2D eigenvalue weighted by atomic mass is 32.2. The number of aliphatic hydroxyl groups excluding tert-OH is 1. The van der Waals surface area contributed by atoms with Crippen molar-refractivity contribution in [2.24, 2.45) is 11.8 Å². The number of nitrogens with one attached hydrogen (secondary N) is 4. The van der Waals surface area contributed by atoms with E-state index in [0.717, 1.165) is 56.4 Å². The molecule has 1 saturated carbocycles. The van der Waals surface area contributed by atoms with Gasteiger partial charge < -0.3 is 46.2 Å². The maximum Gasteiger partial charge on any atom is 0.246 e. The molecule has 2 aliphatic heterocycles. The molecule has 1 aliphatic carbocycles. The van der Waals surface area contributed by atoms with Crippen LogP contribution < -0.4 is 21.3 Å². The number of hydrogen-bond donors (Lipinski definition) is 7. The number of unbranched alkanes of at least 4 members (excludes halogenated alkanes) is 2. The largest absolute Gasteiger partial charge is 0.394 e. The van der Waals surface area contributed by atoms with Crippen molar-refractivity contribution in [1.82, 2.24) is 20.9 Å². The topological polar surface area (TPSA) is 190 Å². The summed E-state index contributed by atoms with van der Waals surface area (Å²) >= 11 is 1.61. The molecule has 3 fully saturated rings. The van der Waals surface area contributed by atoms with Gasteiger partial charge in [0, 0.05) is 37.2 Å². The van der Waals surface area contributed by atoms with Gasteiger partial charge in [0.2, 0.25) is 23.6 Å². The van der Waals surface area contributed by atoms with E-state index >= 15 is 0 Å². The molecule has 4 rings (SSSR count). The Bertz CT molecular complexity index is 1350. The van der Waals surface area contributed by atoms with Gasteiger partial charge in [-0.05, 0) is 88.5 Å². The number of hydrogen-bond acceptors (Lipinski definition) is 10. The van der Waals surface area contributed by atoms with Crippen LogP contribution in [0, 0.1) is 11.8 Å². The number of carbonyl (C=O) groups excluding carboxylic acids is 4. The summed E-state index contributed by atoms with van der Waals surface area (Å²) in [4.78, 5) is 52.0. The van der Waals surface area contributed by atoms with Gasteiger partial charge in [-0.3, -0.25) is 19.2 Å². The van der Waals surface area contributed by atoms with Crippen molar-refractivity contribution in [3.05, 3.63) is 42.5 Å². The first-order valence-corrected chi connectivity index (χ1v) is 19.8. The van der Waals surface area contributed by atoms with Crippen LogP contribution in [0.2, 0.25) is 0 Å². The lowest BCUT2D eigenvalue weighted by Gasteiger charge is -2.38. The van der Waals surface area contributed by atoms with Crippen molar-refractivity contribution in [1.29, 1.82) is 0 Å². The Balaban J connectivity index is 1.19. The Morgan fingerprint density at radius 3 is 2.52 bits per heavy atom. The molecule has 1 aromatic rings.